The zero-order chi connectivity index (χ0) is 11.4. The van der Waals surface area contributed by atoms with Crippen LogP contribution in [0, 0.1) is 0 Å². The maximum absolute atomic E-state index is 11.3. The molecule has 0 aliphatic rings. The number of amides is 1. The van der Waals surface area contributed by atoms with Crippen LogP contribution in [-0.2, 0) is 11.5 Å². The Kier molecular flexibility index (Phi) is 2.97. The number of imidazole rings is 1. The second-order valence-electron chi connectivity index (χ2n) is 2.87. The highest BCUT2D eigenvalue weighted by atomic mass is 32.1. The molecule has 0 saturated heterocycles. The lowest BCUT2D eigenvalue weighted by atomic mass is 10.2. The molecule has 16 heavy (non-hydrogen) atoms. The van der Waals surface area contributed by atoms with Crippen LogP contribution in [-0.4, -0.2) is 25.1 Å². The van der Waals surface area contributed by atoms with E-state index in [2.05, 4.69) is 19.3 Å². The summed E-state index contributed by atoms with van der Waals surface area (Å²) in [5.74, 6) is 0.0119. The van der Waals surface area contributed by atoms with Gasteiger partial charge in [0.25, 0.3) is 5.91 Å². The fourth-order valence-electron chi connectivity index (χ4n) is 1.20. The summed E-state index contributed by atoms with van der Waals surface area (Å²) in [5, 5.41) is 0. The Balaban J connectivity index is 2.41. The van der Waals surface area contributed by atoms with Crippen molar-refractivity contribution in [3.05, 3.63) is 36.4 Å². The van der Waals surface area contributed by atoms with Crippen LogP contribution in [0.1, 0.15) is 10.4 Å². The van der Waals surface area contributed by atoms with E-state index in [1.807, 2.05) is 0 Å². The molecule has 7 heteroatoms. The minimum Gasteiger partial charge on any atom is -0.345 e. The van der Waals surface area contributed by atoms with Crippen molar-refractivity contribution in [3.63, 3.8) is 0 Å². The number of rotatable bonds is 2. The van der Waals surface area contributed by atoms with Crippen LogP contribution >= 0.6 is 0 Å². The Hall–Kier alpha value is -2.15. The molecule has 2 aromatic rings. The van der Waals surface area contributed by atoms with E-state index in [1.54, 1.807) is 24.7 Å². The summed E-state index contributed by atoms with van der Waals surface area (Å²) in [4.78, 5) is 22.1. The van der Waals surface area contributed by atoms with Crippen molar-refractivity contribution >= 4 is 17.4 Å². The minimum atomic E-state index is -0.596. The van der Waals surface area contributed by atoms with Crippen LogP contribution in [0.2, 0.25) is 0 Å². The molecule has 0 unspecified atom stereocenters. The first-order valence-electron chi connectivity index (χ1n) is 4.30. The third-order valence-electron chi connectivity index (χ3n) is 1.88. The molecule has 1 amide bonds. The number of aromatic nitrogens is 3. The van der Waals surface area contributed by atoms with Crippen molar-refractivity contribution in [2.75, 3.05) is 0 Å². The zero-order valence-corrected chi connectivity index (χ0v) is 8.77. The van der Waals surface area contributed by atoms with Crippen LogP contribution in [0.3, 0.4) is 0 Å². The van der Waals surface area contributed by atoms with Crippen molar-refractivity contribution in [1.29, 1.82) is 0 Å². The molecule has 0 saturated carbocycles. The minimum absolute atomic E-state index is 0.118. The monoisotopic (exact) mass is 234 g/mol. The predicted molar refractivity (Wildman–Crippen MR) is 56.7 cm³/mol. The Morgan fingerprint density at radius 1 is 1.44 bits per heavy atom. The van der Waals surface area contributed by atoms with Gasteiger partial charge in [0.1, 0.15) is 5.82 Å². The van der Waals surface area contributed by atoms with Crippen LogP contribution in [0.15, 0.2) is 35.2 Å². The molecule has 0 atom stereocenters. The lowest BCUT2D eigenvalue weighted by Crippen LogP contribution is -1.95. The van der Waals surface area contributed by atoms with Gasteiger partial charge in [0.05, 0.1) is 5.56 Å². The SMILES string of the molecule is O=S=NC(=O)c1cncc(-c2ncc[nH]2)c1. The summed E-state index contributed by atoms with van der Waals surface area (Å²) in [7, 11) is 0. The van der Waals surface area contributed by atoms with Gasteiger partial charge in [0, 0.05) is 30.4 Å². The molecule has 0 spiro atoms. The normalized spacial score (nSPS) is 9.75. The molecule has 2 heterocycles. The zero-order valence-electron chi connectivity index (χ0n) is 7.95. The van der Waals surface area contributed by atoms with Crippen molar-refractivity contribution < 1.29 is 9.00 Å². The smallest absolute Gasteiger partial charge is 0.291 e. The summed E-state index contributed by atoms with van der Waals surface area (Å²) in [6.45, 7) is 0. The summed E-state index contributed by atoms with van der Waals surface area (Å²) >= 11 is -0.118. The second-order valence-corrected chi connectivity index (χ2v) is 3.20. The van der Waals surface area contributed by atoms with Gasteiger partial charge in [-0.25, -0.2) is 4.98 Å². The van der Waals surface area contributed by atoms with Gasteiger partial charge in [-0.2, -0.15) is 4.21 Å². The average Bonchev–Trinajstić information content (AvgIpc) is 2.83. The van der Waals surface area contributed by atoms with Gasteiger partial charge in [-0.15, -0.1) is 4.36 Å². The Morgan fingerprint density at radius 2 is 2.31 bits per heavy atom. The molecule has 2 rings (SSSR count). The van der Waals surface area contributed by atoms with Crippen LogP contribution < -0.4 is 0 Å². The predicted octanol–water partition coefficient (Wildman–Crippen LogP) is 1.01. The number of carbonyl (C=O) groups is 1. The van der Waals surface area contributed by atoms with Gasteiger partial charge in [0.2, 0.25) is 11.5 Å². The molecule has 0 aromatic carbocycles. The van der Waals surface area contributed by atoms with E-state index in [4.69, 9.17) is 0 Å². The number of hydrogen-bond acceptors (Lipinski definition) is 4. The van der Waals surface area contributed by atoms with E-state index in [1.165, 1.54) is 6.20 Å². The molecule has 0 fully saturated rings. The lowest BCUT2D eigenvalue weighted by Gasteiger charge is -1.97. The van der Waals surface area contributed by atoms with Crippen molar-refractivity contribution in [2.24, 2.45) is 4.36 Å². The van der Waals surface area contributed by atoms with Gasteiger partial charge < -0.3 is 4.98 Å². The first-order valence-corrected chi connectivity index (χ1v) is 5.00. The molecule has 6 nitrogen and oxygen atoms in total. The van der Waals surface area contributed by atoms with E-state index >= 15 is 0 Å². The third-order valence-corrected chi connectivity index (χ3v) is 2.12. The second kappa shape index (κ2) is 4.58. The van der Waals surface area contributed by atoms with E-state index in [-0.39, 0.29) is 17.0 Å². The number of H-pyrrole nitrogens is 1. The van der Waals surface area contributed by atoms with Gasteiger partial charge in [-0.1, -0.05) is 0 Å². The highest BCUT2D eigenvalue weighted by Crippen LogP contribution is 2.14. The number of nitrogens with zero attached hydrogens (tertiary/aromatic N) is 3. The fourth-order valence-corrected chi connectivity index (χ4v) is 1.37. The summed E-state index contributed by atoms with van der Waals surface area (Å²) in [6.07, 6.45) is 6.19. The molecule has 0 aliphatic heterocycles. The summed E-state index contributed by atoms with van der Waals surface area (Å²) in [6, 6.07) is 1.58. The van der Waals surface area contributed by atoms with Crippen molar-refractivity contribution in [1.82, 2.24) is 15.0 Å². The van der Waals surface area contributed by atoms with E-state index < -0.39 is 5.91 Å². The number of carbonyl (C=O) groups excluding carboxylic acids is 1. The third kappa shape index (κ3) is 2.09. The van der Waals surface area contributed by atoms with Crippen molar-refractivity contribution in [2.45, 2.75) is 0 Å². The fraction of sp³-hybridized carbons (Fsp3) is 0. The Bertz CT molecular complexity index is 561. The highest BCUT2D eigenvalue weighted by Gasteiger charge is 2.07. The van der Waals surface area contributed by atoms with Gasteiger partial charge in [0.15, 0.2) is 0 Å². The lowest BCUT2D eigenvalue weighted by molar-refractivity contribution is 0.100. The summed E-state index contributed by atoms with van der Waals surface area (Å²) in [5.41, 5.74) is 0.930. The Labute approximate surface area is 94.0 Å². The average molecular weight is 234 g/mol. The standard InChI is InChI=1S/C9H6N4O2S/c14-9(13-16-15)7-3-6(4-10-5-7)8-11-1-2-12-8/h1-5H,(H,11,12). The topological polar surface area (TPSA) is 88.1 Å². The number of hydrogen-bond donors (Lipinski definition) is 1. The van der Waals surface area contributed by atoms with Gasteiger partial charge >= 0.3 is 0 Å². The van der Waals surface area contributed by atoms with Gasteiger partial charge in [-0.3, -0.25) is 9.78 Å². The molecule has 0 aliphatic carbocycles. The van der Waals surface area contributed by atoms with Crippen molar-refractivity contribution in [3.8, 4) is 11.4 Å². The highest BCUT2D eigenvalue weighted by molar-refractivity contribution is 7.55. The summed E-state index contributed by atoms with van der Waals surface area (Å²) < 4.78 is 13.3. The molecule has 2 aromatic heterocycles. The quantitative estimate of drug-likeness (QED) is 0.839. The first kappa shape index (κ1) is 10.4. The van der Waals surface area contributed by atoms with Crippen LogP contribution in [0.5, 0.6) is 0 Å². The maximum atomic E-state index is 11.3. The number of nitrogens with one attached hydrogen (secondary N) is 1. The van der Waals surface area contributed by atoms with E-state index in [9.17, 15) is 9.00 Å². The van der Waals surface area contributed by atoms with Crippen LogP contribution in [0.4, 0.5) is 0 Å². The Morgan fingerprint density at radius 3 is 3.00 bits per heavy atom. The molecule has 80 valence electrons. The number of pyridine rings is 1. The first-order chi connectivity index (χ1) is 7.81. The van der Waals surface area contributed by atoms with Gasteiger partial charge in [-0.05, 0) is 6.07 Å². The van der Waals surface area contributed by atoms with Crippen LogP contribution in [0.25, 0.3) is 11.4 Å². The maximum Gasteiger partial charge on any atom is 0.291 e. The molecular weight excluding hydrogens is 228 g/mol. The molecule has 1 N–H and O–H groups in total. The molecule has 0 radical (unpaired) electrons. The van der Waals surface area contributed by atoms with E-state index in [0.717, 1.165) is 0 Å². The molecule has 0 bridgehead atoms. The molecular formula is C9H6N4O2S. The van der Waals surface area contributed by atoms with E-state index in [0.29, 0.717) is 11.4 Å². The largest absolute Gasteiger partial charge is 0.345 e. The number of aromatic amines is 1.